The molecular weight excluding hydrogens is 312 g/mol. The van der Waals surface area contributed by atoms with E-state index < -0.39 is 9.84 Å². The molecular formula is C16H22N4O2S. The Morgan fingerprint density at radius 2 is 2.04 bits per heavy atom. The maximum absolute atomic E-state index is 12.7. The number of hydrogen-bond donors (Lipinski definition) is 1. The van der Waals surface area contributed by atoms with Crippen LogP contribution in [0.4, 0.5) is 11.8 Å². The van der Waals surface area contributed by atoms with Crippen molar-refractivity contribution in [3.63, 3.8) is 0 Å². The van der Waals surface area contributed by atoms with E-state index in [2.05, 4.69) is 16.9 Å². The highest BCUT2D eigenvalue weighted by molar-refractivity contribution is 7.91. The number of rotatable bonds is 6. The van der Waals surface area contributed by atoms with E-state index in [1.165, 1.54) is 6.20 Å². The van der Waals surface area contributed by atoms with E-state index in [0.29, 0.717) is 5.95 Å². The normalized spacial score (nSPS) is 11.4. The van der Waals surface area contributed by atoms with E-state index >= 15 is 0 Å². The van der Waals surface area contributed by atoms with Crippen molar-refractivity contribution in [2.75, 3.05) is 24.2 Å². The first-order chi connectivity index (χ1) is 10.9. The number of nitrogens with two attached hydrogens (primary N) is 1. The summed E-state index contributed by atoms with van der Waals surface area (Å²) in [5.74, 6) is 0.402. The topological polar surface area (TPSA) is 89.2 Å². The molecule has 0 saturated carbocycles. The van der Waals surface area contributed by atoms with Crippen molar-refractivity contribution in [3.05, 3.63) is 36.0 Å². The molecule has 0 saturated heterocycles. The van der Waals surface area contributed by atoms with Gasteiger partial charge in [0.25, 0.3) is 0 Å². The Labute approximate surface area is 137 Å². The minimum absolute atomic E-state index is 0.0279. The average Bonchev–Trinajstić information content (AvgIpc) is 2.52. The molecule has 2 N–H and O–H groups in total. The zero-order valence-corrected chi connectivity index (χ0v) is 14.5. The van der Waals surface area contributed by atoms with Crippen LogP contribution >= 0.6 is 0 Å². The quantitative estimate of drug-likeness (QED) is 0.873. The van der Waals surface area contributed by atoms with Gasteiger partial charge in [0.2, 0.25) is 15.8 Å². The molecule has 2 aromatic rings. The van der Waals surface area contributed by atoms with E-state index in [1.807, 2.05) is 24.9 Å². The van der Waals surface area contributed by atoms with Crippen molar-refractivity contribution in [3.8, 4) is 0 Å². The third-order valence-electron chi connectivity index (χ3n) is 3.55. The highest BCUT2D eigenvalue weighted by Gasteiger charge is 2.23. The average molecular weight is 334 g/mol. The number of aryl methyl sites for hydroxylation is 1. The minimum atomic E-state index is -3.72. The minimum Gasteiger partial charge on any atom is -0.382 e. The van der Waals surface area contributed by atoms with Gasteiger partial charge in [0.15, 0.2) is 0 Å². The molecule has 0 atom stereocenters. The number of nitrogen functional groups attached to an aromatic ring is 1. The Morgan fingerprint density at radius 1 is 1.30 bits per heavy atom. The van der Waals surface area contributed by atoms with Crippen LogP contribution in [0, 0.1) is 6.92 Å². The maximum Gasteiger partial charge on any atom is 0.227 e. The van der Waals surface area contributed by atoms with Crippen LogP contribution in [0.1, 0.15) is 25.3 Å². The van der Waals surface area contributed by atoms with Crippen LogP contribution in [0.2, 0.25) is 0 Å². The van der Waals surface area contributed by atoms with Gasteiger partial charge in [-0.3, -0.25) is 0 Å². The van der Waals surface area contributed by atoms with Crippen LogP contribution in [-0.2, 0) is 9.84 Å². The van der Waals surface area contributed by atoms with Crippen LogP contribution in [0.5, 0.6) is 0 Å². The van der Waals surface area contributed by atoms with E-state index in [9.17, 15) is 8.42 Å². The van der Waals surface area contributed by atoms with Crippen molar-refractivity contribution in [2.45, 2.75) is 36.5 Å². The fourth-order valence-electron chi connectivity index (χ4n) is 2.17. The molecule has 6 nitrogen and oxygen atoms in total. The van der Waals surface area contributed by atoms with Gasteiger partial charge in [0, 0.05) is 13.6 Å². The van der Waals surface area contributed by atoms with E-state index in [-0.39, 0.29) is 15.6 Å². The van der Waals surface area contributed by atoms with Gasteiger partial charge in [-0.1, -0.05) is 25.5 Å². The summed E-state index contributed by atoms with van der Waals surface area (Å²) in [4.78, 5) is 10.3. The van der Waals surface area contributed by atoms with Crippen molar-refractivity contribution >= 4 is 21.6 Å². The third-order valence-corrected chi connectivity index (χ3v) is 5.32. The number of benzene rings is 1. The molecule has 1 heterocycles. The Bertz CT molecular complexity index is 790. The Kier molecular flexibility index (Phi) is 5.20. The summed E-state index contributed by atoms with van der Waals surface area (Å²) in [6.07, 6.45) is 3.35. The van der Waals surface area contributed by atoms with Gasteiger partial charge in [0.05, 0.1) is 11.1 Å². The number of aromatic nitrogens is 2. The van der Waals surface area contributed by atoms with Gasteiger partial charge < -0.3 is 10.6 Å². The van der Waals surface area contributed by atoms with Crippen LogP contribution in [0.15, 0.2) is 40.3 Å². The van der Waals surface area contributed by atoms with Gasteiger partial charge >= 0.3 is 0 Å². The summed E-state index contributed by atoms with van der Waals surface area (Å²) < 4.78 is 25.4. The molecule has 0 aliphatic carbocycles. The van der Waals surface area contributed by atoms with Crippen LogP contribution in [0.25, 0.3) is 0 Å². The predicted octanol–water partition coefficient (Wildman–Crippen LogP) is 2.44. The lowest BCUT2D eigenvalue weighted by Gasteiger charge is -2.17. The molecule has 23 heavy (non-hydrogen) atoms. The Balaban J connectivity index is 2.37. The molecule has 0 radical (unpaired) electrons. The molecule has 1 aromatic carbocycles. The van der Waals surface area contributed by atoms with E-state index in [1.54, 1.807) is 18.2 Å². The summed E-state index contributed by atoms with van der Waals surface area (Å²) in [7, 11) is -1.86. The van der Waals surface area contributed by atoms with Gasteiger partial charge in [0.1, 0.15) is 10.7 Å². The number of unbranched alkanes of at least 4 members (excludes halogenated alkanes) is 1. The second-order valence-electron chi connectivity index (χ2n) is 5.51. The van der Waals surface area contributed by atoms with E-state index in [0.717, 1.165) is 24.9 Å². The summed E-state index contributed by atoms with van der Waals surface area (Å²) in [6, 6.07) is 6.69. The maximum atomic E-state index is 12.7. The first-order valence-corrected chi connectivity index (χ1v) is 9.00. The van der Waals surface area contributed by atoms with Gasteiger partial charge in [-0.15, -0.1) is 0 Å². The zero-order chi connectivity index (χ0) is 17.0. The zero-order valence-electron chi connectivity index (χ0n) is 13.7. The van der Waals surface area contributed by atoms with Crippen LogP contribution in [0.3, 0.4) is 0 Å². The fraction of sp³-hybridized carbons (Fsp3) is 0.375. The molecule has 7 heteroatoms. The molecule has 0 fully saturated rings. The van der Waals surface area contributed by atoms with Gasteiger partial charge in [-0.25, -0.2) is 13.4 Å². The Hall–Kier alpha value is -2.15. The molecule has 0 aliphatic rings. The van der Waals surface area contributed by atoms with Crippen LogP contribution < -0.4 is 10.6 Å². The summed E-state index contributed by atoms with van der Waals surface area (Å²) >= 11 is 0. The first-order valence-electron chi connectivity index (χ1n) is 7.51. The second kappa shape index (κ2) is 6.95. The molecule has 0 bridgehead atoms. The molecule has 1 aromatic heterocycles. The summed E-state index contributed by atoms with van der Waals surface area (Å²) in [6.45, 7) is 4.73. The number of sulfone groups is 1. The molecule has 2 rings (SSSR count). The lowest BCUT2D eigenvalue weighted by Crippen LogP contribution is -2.22. The molecule has 0 amide bonds. The molecule has 0 aliphatic heterocycles. The summed E-state index contributed by atoms with van der Waals surface area (Å²) in [5, 5.41) is 0. The van der Waals surface area contributed by atoms with Crippen molar-refractivity contribution < 1.29 is 8.42 Å². The third kappa shape index (κ3) is 3.79. The second-order valence-corrected chi connectivity index (χ2v) is 7.43. The van der Waals surface area contributed by atoms with Crippen molar-refractivity contribution in [2.24, 2.45) is 0 Å². The van der Waals surface area contributed by atoms with Crippen molar-refractivity contribution in [1.82, 2.24) is 9.97 Å². The van der Waals surface area contributed by atoms with E-state index in [4.69, 9.17) is 5.73 Å². The largest absolute Gasteiger partial charge is 0.382 e. The van der Waals surface area contributed by atoms with Gasteiger partial charge in [-0.2, -0.15) is 4.98 Å². The predicted molar refractivity (Wildman–Crippen MR) is 91.3 cm³/mol. The molecule has 124 valence electrons. The molecule has 0 spiro atoms. The lowest BCUT2D eigenvalue weighted by atomic mass is 10.2. The lowest BCUT2D eigenvalue weighted by molar-refractivity contribution is 0.595. The first kappa shape index (κ1) is 17.2. The number of anilines is 2. The highest BCUT2D eigenvalue weighted by Crippen LogP contribution is 2.25. The van der Waals surface area contributed by atoms with Crippen LogP contribution in [-0.4, -0.2) is 32.0 Å². The monoisotopic (exact) mass is 334 g/mol. The highest BCUT2D eigenvalue weighted by atomic mass is 32.2. The number of nitrogens with zero attached hydrogens (tertiary/aromatic N) is 3. The standard InChI is InChI=1S/C16H22N4O2S/c1-4-5-9-20(3)16-18-11-14(15(17)19-16)23(21,22)13-8-6-7-12(2)10-13/h6-8,10-11H,4-5,9H2,1-3H3,(H2,17,18,19). The number of hydrogen-bond acceptors (Lipinski definition) is 6. The van der Waals surface area contributed by atoms with Gasteiger partial charge in [-0.05, 0) is 31.0 Å². The summed E-state index contributed by atoms with van der Waals surface area (Å²) in [5.41, 5.74) is 6.75. The molecule has 0 unspecified atom stereocenters. The Morgan fingerprint density at radius 3 is 2.65 bits per heavy atom. The fourth-order valence-corrected chi connectivity index (χ4v) is 3.54. The smallest absolute Gasteiger partial charge is 0.227 e. The SMILES string of the molecule is CCCCN(C)c1ncc(S(=O)(=O)c2cccc(C)c2)c(N)n1. The van der Waals surface area contributed by atoms with Crippen molar-refractivity contribution in [1.29, 1.82) is 0 Å².